The summed E-state index contributed by atoms with van der Waals surface area (Å²) in [6.07, 6.45) is 0.400. The van der Waals surface area contributed by atoms with Gasteiger partial charge in [-0.25, -0.2) is 8.42 Å². The maximum atomic E-state index is 12.5. The number of nitrogens with two attached hydrogens (primary N) is 1. The van der Waals surface area contributed by atoms with Gasteiger partial charge in [0.05, 0.1) is 10.6 Å². The number of carboxylic acids is 1. The van der Waals surface area contributed by atoms with E-state index in [0.717, 1.165) is 0 Å². The highest BCUT2D eigenvalue weighted by Gasteiger charge is 2.29. The third kappa shape index (κ3) is 5.15. The molecule has 3 rings (SSSR count). The van der Waals surface area contributed by atoms with Crippen molar-refractivity contribution >= 4 is 27.6 Å². The first-order valence-electron chi connectivity index (χ1n) is 9.41. The lowest BCUT2D eigenvalue weighted by Gasteiger charge is -2.26. The Hall–Kier alpha value is -2.95. The molecule has 2 aromatic rings. The molecule has 1 aliphatic heterocycles. The molecule has 2 aromatic carbocycles. The number of hydrogen-bond acceptors (Lipinski definition) is 6. The first-order valence-corrected chi connectivity index (χ1v) is 10.9. The maximum Gasteiger partial charge on any atom is 0.322 e. The summed E-state index contributed by atoms with van der Waals surface area (Å²) in [5.41, 5.74) is 6.42. The SMILES string of the molecule is NCCC[C@H]1Oc2ccc(C[C@H](NS(=O)(=O)c3ccccc3)C(=O)O)cc2NC1=O. The predicted octanol–water partition coefficient (Wildman–Crippen LogP) is 1.10. The summed E-state index contributed by atoms with van der Waals surface area (Å²) in [7, 11) is -4.00. The molecule has 1 heterocycles. The molecule has 0 fully saturated rings. The molecule has 1 aliphatic rings. The second-order valence-electron chi connectivity index (χ2n) is 6.89. The van der Waals surface area contributed by atoms with E-state index in [9.17, 15) is 23.1 Å². The van der Waals surface area contributed by atoms with Crippen LogP contribution in [0.15, 0.2) is 53.4 Å². The van der Waals surface area contributed by atoms with Gasteiger partial charge in [-0.15, -0.1) is 0 Å². The average molecular weight is 433 g/mol. The molecule has 0 unspecified atom stereocenters. The van der Waals surface area contributed by atoms with Crippen molar-refractivity contribution in [3.8, 4) is 5.75 Å². The third-order valence-corrected chi connectivity index (χ3v) is 6.11. The number of anilines is 1. The van der Waals surface area contributed by atoms with Gasteiger partial charge in [0, 0.05) is 0 Å². The van der Waals surface area contributed by atoms with Gasteiger partial charge in [-0.1, -0.05) is 24.3 Å². The van der Waals surface area contributed by atoms with Crippen LogP contribution in [0.5, 0.6) is 5.75 Å². The Morgan fingerprint density at radius 3 is 2.63 bits per heavy atom. The Morgan fingerprint density at radius 2 is 1.97 bits per heavy atom. The fraction of sp³-hybridized carbons (Fsp3) is 0.300. The maximum absolute atomic E-state index is 12.5. The number of fused-ring (bicyclic) bond motifs is 1. The van der Waals surface area contributed by atoms with E-state index in [1.807, 2.05) is 0 Å². The Labute approximate surface area is 174 Å². The molecule has 2 atom stereocenters. The number of aliphatic carboxylic acids is 1. The lowest BCUT2D eigenvalue weighted by molar-refractivity contribution is -0.139. The summed E-state index contributed by atoms with van der Waals surface area (Å²) in [6, 6.07) is 11.0. The Morgan fingerprint density at radius 1 is 1.23 bits per heavy atom. The minimum absolute atomic E-state index is 0.0223. The highest BCUT2D eigenvalue weighted by atomic mass is 32.2. The lowest BCUT2D eigenvalue weighted by atomic mass is 10.0. The van der Waals surface area contributed by atoms with Crippen LogP contribution in [0.2, 0.25) is 0 Å². The number of amides is 1. The van der Waals surface area contributed by atoms with Crippen molar-refractivity contribution in [1.82, 2.24) is 4.72 Å². The fourth-order valence-corrected chi connectivity index (χ4v) is 4.30. The van der Waals surface area contributed by atoms with Gasteiger partial charge in [-0.2, -0.15) is 4.72 Å². The summed E-state index contributed by atoms with van der Waals surface area (Å²) in [5.74, 6) is -1.14. The zero-order valence-corrected chi connectivity index (χ0v) is 16.9. The highest BCUT2D eigenvalue weighted by molar-refractivity contribution is 7.89. The van der Waals surface area contributed by atoms with E-state index >= 15 is 0 Å². The number of carbonyl (C=O) groups is 2. The van der Waals surface area contributed by atoms with Gasteiger partial charge < -0.3 is 20.9 Å². The van der Waals surface area contributed by atoms with E-state index in [-0.39, 0.29) is 17.2 Å². The van der Waals surface area contributed by atoms with Crippen molar-refractivity contribution < 1.29 is 27.9 Å². The zero-order valence-electron chi connectivity index (χ0n) is 16.1. The summed E-state index contributed by atoms with van der Waals surface area (Å²) in [5, 5.41) is 12.3. The van der Waals surface area contributed by atoms with Crippen molar-refractivity contribution in [2.75, 3.05) is 11.9 Å². The first-order chi connectivity index (χ1) is 14.3. The second kappa shape index (κ2) is 9.24. The number of carboxylic acid groups (broad SMARTS) is 1. The summed E-state index contributed by atoms with van der Waals surface area (Å²) < 4.78 is 32.9. The van der Waals surface area contributed by atoms with Gasteiger partial charge in [0.15, 0.2) is 6.10 Å². The molecule has 10 heteroatoms. The number of benzene rings is 2. The topological polar surface area (TPSA) is 148 Å². The summed E-state index contributed by atoms with van der Waals surface area (Å²) in [6.45, 7) is 0.453. The molecule has 5 N–H and O–H groups in total. The van der Waals surface area contributed by atoms with Crippen LogP contribution in [0, 0.1) is 0 Å². The van der Waals surface area contributed by atoms with Crippen LogP contribution in [0.1, 0.15) is 18.4 Å². The number of sulfonamides is 1. The van der Waals surface area contributed by atoms with Crippen LogP contribution >= 0.6 is 0 Å². The van der Waals surface area contributed by atoms with Gasteiger partial charge >= 0.3 is 5.97 Å². The minimum atomic E-state index is -4.00. The van der Waals surface area contributed by atoms with E-state index in [1.165, 1.54) is 12.1 Å². The largest absolute Gasteiger partial charge is 0.480 e. The molecule has 0 saturated heterocycles. The van der Waals surface area contributed by atoms with E-state index in [1.54, 1.807) is 36.4 Å². The lowest BCUT2D eigenvalue weighted by Crippen LogP contribution is -2.42. The van der Waals surface area contributed by atoms with Gasteiger partial charge in [0.2, 0.25) is 10.0 Å². The van der Waals surface area contributed by atoms with Gasteiger partial charge in [0.25, 0.3) is 5.91 Å². The third-order valence-electron chi connectivity index (χ3n) is 4.62. The van der Waals surface area contributed by atoms with Crippen LogP contribution < -0.4 is 20.5 Å². The molecular formula is C20H23N3O6S. The monoisotopic (exact) mass is 433 g/mol. The van der Waals surface area contributed by atoms with Crippen LogP contribution in [-0.2, 0) is 26.0 Å². The smallest absolute Gasteiger partial charge is 0.322 e. The highest BCUT2D eigenvalue weighted by Crippen LogP contribution is 2.32. The van der Waals surface area contributed by atoms with E-state index in [4.69, 9.17) is 10.5 Å². The Bertz CT molecular complexity index is 1030. The Balaban J connectivity index is 1.75. The summed E-state index contributed by atoms with van der Waals surface area (Å²) >= 11 is 0. The van der Waals surface area contributed by atoms with E-state index in [2.05, 4.69) is 10.0 Å². The molecule has 30 heavy (non-hydrogen) atoms. The fourth-order valence-electron chi connectivity index (χ4n) is 3.09. The number of rotatable bonds is 9. The molecule has 0 spiro atoms. The van der Waals surface area contributed by atoms with Crippen LogP contribution in [0.3, 0.4) is 0 Å². The van der Waals surface area contributed by atoms with Crippen LogP contribution in [0.4, 0.5) is 5.69 Å². The van der Waals surface area contributed by atoms with Crippen molar-refractivity contribution in [1.29, 1.82) is 0 Å². The van der Waals surface area contributed by atoms with Gasteiger partial charge in [-0.3, -0.25) is 9.59 Å². The standard InChI is InChI=1S/C20H23N3O6S/c21-10-4-7-18-19(24)22-15-11-13(8-9-17(15)29-18)12-16(20(25)26)23-30(27,28)14-5-2-1-3-6-14/h1-3,5-6,8-9,11,16,18,23H,4,7,10,12,21H2,(H,22,24)(H,25,26)/t16-,18+/m0/s1. The number of nitrogens with one attached hydrogen (secondary N) is 2. The molecule has 0 bridgehead atoms. The normalized spacial score (nSPS) is 16.8. The van der Waals surface area contributed by atoms with Crippen molar-refractivity contribution in [2.45, 2.75) is 36.3 Å². The number of ether oxygens (including phenoxy) is 1. The molecule has 0 radical (unpaired) electrons. The van der Waals surface area contributed by atoms with Crippen molar-refractivity contribution in [3.05, 3.63) is 54.1 Å². The molecule has 160 valence electrons. The molecule has 1 amide bonds. The van der Waals surface area contributed by atoms with Gasteiger partial charge in [0.1, 0.15) is 11.8 Å². The van der Waals surface area contributed by atoms with E-state index in [0.29, 0.717) is 36.4 Å². The van der Waals surface area contributed by atoms with Crippen molar-refractivity contribution in [2.24, 2.45) is 5.73 Å². The second-order valence-corrected chi connectivity index (χ2v) is 8.60. The van der Waals surface area contributed by atoms with Gasteiger partial charge in [-0.05, 0) is 55.6 Å². The molecule has 0 aromatic heterocycles. The number of hydrogen-bond donors (Lipinski definition) is 4. The van der Waals surface area contributed by atoms with Crippen LogP contribution in [-0.4, -0.2) is 44.1 Å². The minimum Gasteiger partial charge on any atom is -0.480 e. The zero-order chi connectivity index (χ0) is 21.7. The average Bonchev–Trinajstić information content (AvgIpc) is 2.72. The first kappa shape index (κ1) is 21.8. The Kier molecular flexibility index (Phi) is 6.70. The molecule has 0 aliphatic carbocycles. The molecule has 9 nitrogen and oxygen atoms in total. The molecular weight excluding hydrogens is 410 g/mol. The number of carbonyl (C=O) groups excluding carboxylic acids is 1. The van der Waals surface area contributed by atoms with Crippen molar-refractivity contribution in [3.63, 3.8) is 0 Å². The van der Waals surface area contributed by atoms with E-state index < -0.39 is 28.1 Å². The summed E-state index contributed by atoms with van der Waals surface area (Å²) in [4.78, 5) is 23.8. The molecule has 0 saturated carbocycles. The predicted molar refractivity (Wildman–Crippen MR) is 110 cm³/mol. The van der Waals surface area contributed by atoms with Crippen LogP contribution in [0.25, 0.3) is 0 Å². The quantitative estimate of drug-likeness (QED) is 0.463.